The maximum Gasteiger partial charge on any atom is 0.0159 e. The zero-order chi connectivity index (χ0) is 20.2. The van der Waals surface area contributed by atoms with E-state index in [-0.39, 0.29) is 5.41 Å². The Morgan fingerprint density at radius 3 is 2.14 bits per heavy atom. The quantitative estimate of drug-likeness (QED) is 0.334. The van der Waals surface area contributed by atoms with Crippen LogP contribution >= 0.6 is 0 Å². The Hall–Kier alpha value is -3.12. The van der Waals surface area contributed by atoms with E-state index in [9.17, 15) is 0 Å². The molecule has 1 aliphatic rings. The Kier molecular flexibility index (Phi) is 3.99. The summed E-state index contributed by atoms with van der Waals surface area (Å²) in [6.07, 6.45) is 2.23. The fourth-order valence-electron chi connectivity index (χ4n) is 5.05. The van der Waals surface area contributed by atoms with E-state index in [0.29, 0.717) is 0 Å². The van der Waals surface area contributed by atoms with Gasteiger partial charge in [0.15, 0.2) is 0 Å². The van der Waals surface area contributed by atoms with Gasteiger partial charge >= 0.3 is 0 Å². The molecule has 0 radical (unpaired) electrons. The van der Waals surface area contributed by atoms with Crippen molar-refractivity contribution in [2.24, 2.45) is 0 Å². The van der Waals surface area contributed by atoms with Crippen LogP contribution in [0.15, 0.2) is 84.9 Å². The van der Waals surface area contributed by atoms with Gasteiger partial charge in [-0.15, -0.1) is 0 Å². The minimum atomic E-state index is -0.00892. The Morgan fingerprint density at radius 1 is 0.724 bits per heavy atom. The van der Waals surface area contributed by atoms with E-state index in [2.05, 4.69) is 113 Å². The molecule has 5 rings (SSSR count). The van der Waals surface area contributed by atoms with Crippen LogP contribution in [0.4, 0.5) is 0 Å². The molecule has 4 aromatic carbocycles. The van der Waals surface area contributed by atoms with Crippen LogP contribution < -0.4 is 0 Å². The molecule has 0 fully saturated rings. The molecule has 0 spiro atoms. The largest absolute Gasteiger partial charge is 0.0792 e. The maximum absolute atomic E-state index is 2.42. The summed E-state index contributed by atoms with van der Waals surface area (Å²) >= 11 is 0. The lowest BCUT2D eigenvalue weighted by atomic mass is 9.80. The van der Waals surface area contributed by atoms with Gasteiger partial charge in [-0.05, 0) is 75.2 Å². The van der Waals surface area contributed by atoms with E-state index in [1.807, 2.05) is 0 Å². The molecule has 0 heteroatoms. The van der Waals surface area contributed by atoms with E-state index < -0.39 is 0 Å². The van der Waals surface area contributed by atoms with Crippen molar-refractivity contribution in [3.05, 3.63) is 113 Å². The third-order valence-corrected chi connectivity index (χ3v) is 6.57. The van der Waals surface area contributed by atoms with E-state index in [1.165, 1.54) is 55.3 Å². The van der Waals surface area contributed by atoms with Crippen LogP contribution in [0.25, 0.3) is 27.5 Å². The Morgan fingerprint density at radius 2 is 1.41 bits per heavy atom. The van der Waals surface area contributed by atoms with Crippen LogP contribution in [-0.2, 0) is 5.41 Å². The van der Waals surface area contributed by atoms with Gasteiger partial charge < -0.3 is 0 Å². The number of hydrogen-bond acceptors (Lipinski definition) is 0. The summed E-state index contributed by atoms with van der Waals surface area (Å²) < 4.78 is 0. The number of aryl methyl sites for hydroxylation is 1. The third-order valence-electron chi connectivity index (χ3n) is 6.57. The molecule has 0 nitrogen and oxygen atoms in total. The van der Waals surface area contributed by atoms with Crippen molar-refractivity contribution >= 4 is 16.3 Å². The Bertz CT molecular complexity index is 1270. The van der Waals surface area contributed by atoms with Gasteiger partial charge in [0.05, 0.1) is 0 Å². The fraction of sp³-hybridized carbons (Fsp3) is 0.172. The number of allylic oxidation sites excluding steroid dienone is 1. The highest BCUT2D eigenvalue weighted by Crippen LogP contribution is 2.52. The summed E-state index contributed by atoms with van der Waals surface area (Å²) in [4.78, 5) is 0. The van der Waals surface area contributed by atoms with Crippen molar-refractivity contribution in [2.45, 2.75) is 33.1 Å². The van der Waals surface area contributed by atoms with Crippen LogP contribution in [0.5, 0.6) is 0 Å². The first-order chi connectivity index (χ1) is 14.0. The van der Waals surface area contributed by atoms with Crippen LogP contribution in [0.2, 0.25) is 0 Å². The van der Waals surface area contributed by atoms with Crippen LogP contribution in [0.1, 0.15) is 48.6 Å². The van der Waals surface area contributed by atoms with Gasteiger partial charge in [0.1, 0.15) is 0 Å². The average Bonchev–Trinajstić information content (AvgIpc) is 2.97. The van der Waals surface area contributed by atoms with Crippen molar-refractivity contribution in [3.63, 3.8) is 0 Å². The molecule has 0 saturated carbocycles. The summed E-state index contributed by atoms with van der Waals surface area (Å²) in [5, 5.41) is 2.73. The van der Waals surface area contributed by atoms with Crippen LogP contribution in [0.3, 0.4) is 0 Å². The van der Waals surface area contributed by atoms with E-state index in [1.54, 1.807) is 0 Å². The minimum Gasteiger partial charge on any atom is -0.0792 e. The zero-order valence-electron chi connectivity index (χ0n) is 17.6. The second-order valence-electron chi connectivity index (χ2n) is 8.62. The molecular formula is C29H26. The second kappa shape index (κ2) is 6.46. The van der Waals surface area contributed by atoms with Gasteiger partial charge in [0.25, 0.3) is 0 Å². The smallest absolute Gasteiger partial charge is 0.0159 e. The number of fused-ring (bicyclic) bond motifs is 5. The summed E-state index contributed by atoms with van der Waals surface area (Å²) in [6.45, 7) is 9.10. The Balaban J connectivity index is 1.76. The molecule has 0 heterocycles. The lowest BCUT2D eigenvalue weighted by molar-refractivity contribution is 0.660. The highest BCUT2D eigenvalue weighted by Gasteiger charge is 2.37. The van der Waals surface area contributed by atoms with Gasteiger partial charge in [0, 0.05) is 5.41 Å². The van der Waals surface area contributed by atoms with Crippen molar-refractivity contribution in [3.8, 4) is 11.1 Å². The molecule has 29 heavy (non-hydrogen) atoms. The number of hydrogen-bond donors (Lipinski definition) is 0. The van der Waals surface area contributed by atoms with Gasteiger partial charge in [-0.3, -0.25) is 0 Å². The monoisotopic (exact) mass is 374 g/mol. The maximum atomic E-state index is 2.42. The van der Waals surface area contributed by atoms with Crippen molar-refractivity contribution in [1.29, 1.82) is 0 Å². The summed E-state index contributed by atoms with van der Waals surface area (Å²) in [6, 6.07) is 29.0. The molecule has 0 amide bonds. The predicted octanol–water partition coefficient (Wildman–Crippen LogP) is 7.91. The molecule has 0 bridgehead atoms. The van der Waals surface area contributed by atoms with E-state index >= 15 is 0 Å². The van der Waals surface area contributed by atoms with Crippen LogP contribution in [0, 0.1) is 6.92 Å². The molecule has 0 aromatic heterocycles. The normalized spacial score (nSPS) is 14.7. The molecular weight excluding hydrogens is 348 g/mol. The highest BCUT2D eigenvalue weighted by atomic mass is 14.4. The molecule has 1 aliphatic carbocycles. The second-order valence-corrected chi connectivity index (χ2v) is 8.62. The summed E-state index contributed by atoms with van der Waals surface area (Å²) in [5.41, 5.74) is 10.9. The van der Waals surface area contributed by atoms with Crippen molar-refractivity contribution in [2.75, 3.05) is 0 Å². The summed E-state index contributed by atoms with van der Waals surface area (Å²) in [5.74, 6) is 0. The van der Waals surface area contributed by atoms with Gasteiger partial charge in [-0.1, -0.05) is 92.7 Å². The topological polar surface area (TPSA) is 0 Å². The molecule has 4 aromatic rings. The number of rotatable bonds is 2. The van der Waals surface area contributed by atoms with Gasteiger partial charge in [-0.25, -0.2) is 0 Å². The van der Waals surface area contributed by atoms with E-state index in [4.69, 9.17) is 0 Å². The highest BCUT2D eigenvalue weighted by molar-refractivity contribution is 6.04. The minimum absolute atomic E-state index is 0.00892. The Labute approximate surface area is 173 Å². The standard InChI is InChI=1S/C29H26/c1-5-22(20-11-7-6-8-12-20)21-15-16-25-26(18-21)29(3,4)27-17-19(2)23-13-9-10-14-24(23)28(25)27/h5-18H,1-4H3. The van der Waals surface area contributed by atoms with E-state index in [0.717, 1.165) is 0 Å². The average molecular weight is 375 g/mol. The predicted molar refractivity (Wildman–Crippen MR) is 125 cm³/mol. The third kappa shape index (κ3) is 2.59. The van der Waals surface area contributed by atoms with Gasteiger partial charge in [-0.2, -0.15) is 0 Å². The first-order valence-electron chi connectivity index (χ1n) is 10.4. The molecule has 142 valence electrons. The molecule has 0 saturated heterocycles. The van der Waals surface area contributed by atoms with Crippen molar-refractivity contribution < 1.29 is 0 Å². The van der Waals surface area contributed by atoms with Gasteiger partial charge in [0.2, 0.25) is 0 Å². The fourth-order valence-corrected chi connectivity index (χ4v) is 5.05. The first-order valence-corrected chi connectivity index (χ1v) is 10.4. The lowest BCUT2D eigenvalue weighted by Crippen LogP contribution is -2.15. The SMILES string of the molecule is CC=C(c1ccccc1)c1ccc2c(c1)C(C)(C)c1cc(C)c3ccccc3c1-2. The zero-order valence-corrected chi connectivity index (χ0v) is 17.6. The van der Waals surface area contributed by atoms with Crippen LogP contribution in [-0.4, -0.2) is 0 Å². The molecule has 0 aliphatic heterocycles. The first kappa shape index (κ1) is 17.9. The lowest BCUT2D eigenvalue weighted by Gasteiger charge is -2.23. The molecule has 0 atom stereocenters. The molecule has 0 N–H and O–H groups in total. The molecule has 0 unspecified atom stereocenters. The number of benzene rings is 4. The van der Waals surface area contributed by atoms with Crippen molar-refractivity contribution in [1.82, 2.24) is 0 Å². The summed E-state index contributed by atoms with van der Waals surface area (Å²) in [7, 11) is 0.